The number of benzene rings is 1. The summed E-state index contributed by atoms with van der Waals surface area (Å²) in [7, 11) is 0. The number of piperidine rings is 1. The summed E-state index contributed by atoms with van der Waals surface area (Å²) in [4.78, 5) is 25.1. The summed E-state index contributed by atoms with van der Waals surface area (Å²) >= 11 is 0. The smallest absolute Gasteiger partial charge is 0.387 e. The average Bonchev–Trinajstić information content (AvgIpc) is 2.53. The minimum atomic E-state index is -2.93. The van der Waals surface area contributed by atoms with Gasteiger partial charge in [-0.15, -0.1) is 0 Å². The summed E-state index contributed by atoms with van der Waals surface area (Å²) < 4.78 is 29.2. The third-order valence-corrected chi connectivity index (χ3v) is 3.89. The predicted molar refractivity (Wildman–Crippen MR) is 85.3 cm³/mol. The lowest BCUT2D eigenvalue weighted by molar-refractivity contribution is -0.130. The number of rotatable bonds is 6. The lowest BCUT2D eigenvalue weighted by Crippen LogP contribution is -2.44. The fourth-order valence-electron chi connectivity index (χ4n) is 2.81. The van der Waals surface area contributed by atoms with Gasteiger partial charge in [-0.25, -0.2) is 0 Å². The molecule has 130 valence electrons. The molecule has 0 aliphatic carbocycles. The molecule has 2 N–H and O–H groups in total. The molecule has 1 aliphatic heterocycles. The molecule has 2 amide bonds. The molecular formula is C17H20F2N2O3. The summed E-state index contributed by atoms with van der Waals surface area (Å²) in [6, 6.07) is 6.02. The number of nitrogens with two attached hydrogens (primary N) is 1. The van der Waals surface area contributed by atoms with Crippen molar-refractivity contribution in [3.05, 3.63) is 35.9 Å². The normalized spacial score (nSPS) is 18.1. The number of nitrogens with zero attached hydrogens (tertiary/aromatic N) is 1. The average molecular weight is 338 g/mol. The predicted octanol–water partition coefficient (Wildman–Crippen LogP) is 2.56. The van der Waals surface area contributed by atoms with Crippen LogP contribution in [0.4, 0.5) is 8.78 Å². The second-order valence-corrected chi connectivity index (χ2v) is 5.60. The van der Waals surface area contributed by atoms with Gasteiger partial charge >= 0.3 is 6.61 Å². The molecule has 0 radical (unpaired) electrons. The van der Waals surface area contributed by atoms with Crippen LogP contribution in [0, 0.1) is 0 Å². The largest absolute Gasteiger partial charge is 0.434 e. The van der Waals surface area contributed by atoms with Crippen LogP contribution in [-0.2, 0) is 9.59 Å². The van der Waals surface area contributed by atoms with Gasteiger partial charge in [0, 0.05) is 30.6 Å². The highest BCUT2D eigenvalue weighted by atomic mass is 19.3. The number of hydrogen-bond donors (Lipinski definition) is 1. The van der Waals surface area contributed by atoms with Crippen LogP contribution in [-0.4, -0.2) is 35.9 Å². The minimum Gasteiger partial charge on any atom is -0.434 e. The Morgan fingerprint density at radius 2 is 2.08 bits per heavy atom. The van der Waals surface area contributed by atoms with E-state index in [1.54, 1.807) is 23.1 Å². The van der Waals surface area contributed by atoms with Gasteiger partial charge in [0.05, 0.1) is 0 Å². The van der Waals surface area contributed by atoms with Crippen LogP contribution in [0.2, 0.25) is 0 Å². The zero-order valence-corrected chi connectivity index (χ0v) is 13.2. The fraction of sp³-hybridized carbons (Fsp3) is 0.412. The second-order valence-electron chi connectivity index (χ2n) is 5.60. The van der Waals surface area contributed by atoms with Crippen LogP contribution in [0.3, 0.4) is 0 Å². The van der Waals surface area contributed by atoms with Gasteiger partial charge in [0.15, 0.2) is 0 Å². The quantitative estimate of drug-likeness (QED) is 0.810. The molecule has 2 rings (SSSR count). The third-order valence-electron chi connectivity index (χ3n) is 3.89. The summed E-state index contributed by atoms with van der Waals surface area (Å²) in [6.45, 7) is -2.38. The molecule has 1 heterocycles. The van der Waals surface area contributed by atoms with Gasteiger partial charge in [0.25, 0.3) is 0 Å². The van der Waals surface area contributed by atoms with E-state index in [2.05, 4.69) is 4.74 Å². The van der Waals surface area contributed by atoms with E-state index in [4.69, 9.17) is 5.73 Å². The highest BCUT2D eigenvalue weighted by Crippen LogP contribution is 2.23. The fourth-order valence-corrected chi connectivity index (χ4v) is 2.81. The molecule has 0 bridgehead atoms. The molecule has 0 saturated carbocycles. The monoisotopic (exact) mass is 338 g/mol. The number of carbonyl (C=O) groups is 2. The van der Waals surface area contributed by atoms with E-state index in [9.17, 15) is 18.4 Å². The summed E-state index contributed by atoms with van der Waals surface area (Å²) in [6.07, 6.45) is 5.41. The number of primary amides is 1. The lowest BCUT2D eigenvalue weighted by atomic mass is 9.99. The first-order valence-electron chi connectivity index (χ1n) is 7.78. The Bertz CT molecular complexity index is 620. The second kappa shape index (κ2) is 8.42. The number of alkyl halides is 2. The van der Waals surface area contributed by atoms with Gasteiger partial charge < -0.3 is 15.4 Å². The third kappa shape index (κ3) is 5.04. The number of carbonyl (C=O) groups excluding carboxylic acids is 2. The number of amides is 2. The maximum atomic E-state index is 12.4. The molecule has 1 fully saturated rings. The zero-order valence-electron chi connectivity index (χ0n) is 13.2. The number of hydrogen-bond acceptors (Lipinski definition) is 3. The Morgan fingerprint density at radius 3 is 2.79 bits per heavy atom. The summed E-state index contributed by atoms with van der Waals surface area (Å²) in [5.74, 6) is -0.712. The first kappa shape index (κ1) is 17.9. The first-order valence-corrected chi connectivity index (χ1v) is 7.78. The Kier molecular flexibility index (Phi) is 6.28. The van der Waals surface area contributed by atoms with Crippen molar-refractivity contribution in [1.82, 2.24) is 4.90 Å². The summed E-state index contributed by atoms with van der Waals surface area (Å²) in [5, 5.41) is 0. The van der Waals surface area contributed by atoms with Gasteiger partial charge in [-0.2, -0.15) is 8.78 Å². The number of para-hydroxylation sites is 1. The Balaban J connectivity index is 2.10. The van der Waals surface area contributed by atoms with E-state index in [0.29, 0.717) is 12.1 Å². The van der Waals surface area contributed by atoms with E-state index < -0.39 is 12.5 Å². The van der Waals surface area contributed by atoms with Crippen LogP contribution in [0.1, 0.15) is 31.2 Å². The van der Waals surface area contributed by atoms with Crippen LogP contribution in [0.25, 0.3) is 6.08 Å². The topological polar surface area (TPSA) is 72.6 Å². The van der Waals surface area contributed by atoms with Crippen molar-refractivity contribution in [1.29, 1.82) is 0 Å². The molecule has 0 unspecified atom stereocenters. The van der Waals surface area contributed by atoms with Crippen molar-refractivity contribution in [3.8, 4) is 5.75 Å². The van der Waals surface area contributed by atoms with Crippen molar-refractivity contribution >= 4 is 17.9 Å². The van der Waals surface area contributed by atoms with Crippen molar-refractivity contribution in [2.75, 3.05) is 6.54 Å². The number of ether oxygens (including phenoxy) is 1. The van der Waals surface area contributed by atoms with Crippen LogP contribution in [0.5, 0.6) is 5.75 Å². The zero-order chi connectivity index (χ0) is 17.5. The van der Waals surface area contributed by atoms with E-state index in [1.807, 2.05) is 0 Å². The highest BCUT2D eigenvalue weighted by Gasteiger charge is 2.26. The summed E-state index contributed by atoms with van der Waals surface area (Å²) in [5.41, 5.74) is 5.62. The molecule has 24 heavy (non-hydrogen) atoms. The Hall–Kier alpha value is -2.44. The number of halogens is 2. The van der Waals surface area contributed by atoms with E-state index >= 15 is 0 Å². The molecule has 1 saturated heterocycles. The van der Waals surface area contributed by atoms with Crippen LogP contribution in [0.15, 0.2) is 30.3 Å². The molecule has 0 aromatic heterocycles. The SMILES string of the molecule is NC(=O)C[C@@H]1CCCCN1C(=O)/C=C/c1ccccc1OC(F)F. The van der Waals surface area contributed by atoms with Crippen molar-refractivity contribution < 1.29 is 23.1 Å². The van der Waals surface area contributed by atoms with E-state index in [1.165, 1.54) is 18.2 Å². The molecule has 1 aliphatic rings. The molecule has 1 aromatic rings. The van der Waals surface area contributed by atoms with E-state index in [0.717, 1.165) is 19.3 Å². The van der Waals surface area contributed by atoms with Gasteiger partial charge in [-0.1, -0.05) is 18.2 Å². The van der Waals surface area contributed by atoms with Crippen LogP contribution < -0.4 is 10.5 Å². The number of likely N-dealkylation sites (tertiary alicyclic amines) is 1. The van der Waals surface area contributed by atoms with Crippen molar-refractivity contribution in [3.63, 3.8) is 0 Å². The Morgan fingerprint density at radius 1 is 1.33 bits per heavy atom. The van der Waals surface area contributed by atoms with Gasteiger partial charge in [-0.3, -0.25) is 9.59 Å². The molecule has 5 nitrogen and oxygen atoms in total. The maximum Gasteiger partial charge on any atom is 0.387 e. The molecular weight excluding hydrogens is 318 g/mol. The standard InChI is InChI=1S/C17H20F2N2O3/c18-17(19)24-14-7-2-1-5-12(14)8-9-16(23)21-10-4-3-6-13(21)11-15(20)22/h1-2,5,7-9,13,17H,3-4,6,10-11H2,(H2,20,22)/b9-8+/t13-/m0/s1. The molecule has 1 atom stereocenters. The van der Waals surface area contributed by atoms with Crippen molar-refractivity contribution in [2.45, 2.75) is 38.3 Å². The van der Waals surface area contributed by atoms with Crippen molar-refractivity contribution in [2.24, 2.45) is 5.73 Å². The molecule has 7 heteroatoms. The lowest BCUT2D eigenvalue weighted by Gasteiger charge is -2.34. The van der Waals surface area contributed by atoms with Gasteiger partial charge in [-0.05, 0) is 31.4 Å². The first-order chi connectivity index (χ1) is 11.5. The maximum absolute atomic E-state index is 12.4. The molecule has 1 aromatic carbocycles. The minimum absolute atomic E-state index is 0.00359. The Labute approximate surface area is 139 Å². The van der Waals surface area contributed by atoms with Crippen LogP contribution >= 0.6 is 0 Å². The highest BCUT2D eigenvalue weighted by molar-refractivity contribution is 5.92. The van der Waals surface area contributed by atoms with E-state index in [-0.39, 0.29) is 24.1 Å². The van der Waals surface area contributed by atoms with Gasteiger partial charge in [0.2, 0.25) is 11.8 Å². The van der Waals surface area contributed by atoms with Gasteiger partial charge in [0.1, 0.15) is 5.75 Å². The molecule has 0 spiro atoms.